The summed E-state index contributed by atoms with van der Waals surface area (Å²) in [6.45, 7) is 0. The van der Waals surface area contributed by atoms with Gasteiger partial charge in [-0.15, -0.1) is 0 Å². The van der Waals surface area contributed by atoms with Crippen molar-refractivity contribution < 1.29 is 9.59 Å². The number of carbonyl (C=O) groups is 2. The van der Waals surface area contributed by atoms with Crippen molar-refractivity contribution in [1.29, 1.82) is 0 Å². The van der Waals surface area contributed by atoms with Crippen LogP contribution >= 0.6 is 23.2 Å². The van der Waals surface area contributed by atoms with E-state index in [1.807, 2.05) is 0 Å². The molecular formula is C19H16Cl2N2O2. The normalized spacial score (nSPS) is 13.7. The lowest BCUT2D eigenvalue weighted by molar-refractivity contribution is -0.111. The zero-order chi connectivity index (χ0) is 17.8. The minimum atomic E-state index is -0.320. The van der Waals surface area contributed by atoms with Crippen molar-refractivity contribution in [3.05, 3.63) is 69.7 Å². The van der Waals surface area contributed by atoms with E-state index >= 15 is 0 Å². The van der Waals surface area contributed by atoms with Crippen LogP contribution in [0.5, 0.6) is 0 Å². The first-order valence-electron chi connectivity index (χ1n) is 7.86. The van der Waals surface area contributed by atoms with E-state index in [9.17, 15) is 9.59 Å². The fourth-order valence-electron chi connectivity index (χ4n) is 2.18. The van der Waals surface area contributed by atoms with Gasteiger partial charge in [0.25, 0.3) is 5.91 Å². The lowest BCUT2D eigenvalue weighted by Crippen LogP contribution is -2.25. The average molecular weight is 375 g/mol. The molecule has 128 valence electrons. The van der Waals surface area contributed by atoms with Gasteiger partial charge >= 0.3 is 0 Å². The second-order valence-corrected chi connectivity index (χ2v) is 6.66. The fourth-order valence-corrected chi connectivity index (χ4v) is 2.52. The van der Waals surface area contributed by atoms with Gasteiger partial charge in [-0.05, 0) is 54.8 Å². The van der Waals surface area contributed by atoms with Crippen LogP contribution in [0.25, 0.3) is 6.08 Å². The molecule has 0 unspecified atom stereocenters. The summed E-state index contributed by atoms with van der Waals surface area (Å²) in [5, 5.41) is 6.51. The Morgan fingerprint density at radius 1 is 1.04 bits per heavy atom. The Morgan fingerprint density at radius 3 is 2.44 bits per heavy atom. The highest BCUT2D eigenvalue weighted by molar-refractivity contribution is 6.35. The minimum absolute atomic E-state index is 0.0635. The molecule has 2 aromatic carbocycles. The van der Waals surface area contributed by atoms with Crippen molar-refractivity contribution in [3.8, 4) is 0 Å². The zero-order valence-electron chi connectivity index (χ0n) is 13.3. The van der Waals surface area contributed by atoms with Gasteiger partial charge in [0.2, 0.25) is 5.91 Å². The molecule has 0 bridgehead atoms. The Labute approximate surface area is 155 Å². The van der Waals surface area contributed by atoms with E-state index in [2.05, 4.69) is 10.6 Å². The van der Waals surface area contributed by atoms with E-state index in [-0.39, 0.29) is 11.8 Å². The smallest absolute Gasteiger partial charge is 0.251 e. The highest BCUT2D eigenvalue weighted by Crippen LogP contribution is 2.25. The standard InChI is InChI=1S/C19H16Cl2N2O2/c20-14-6-9-16(21)17(11-14)23-18(24)10-3-12-1-4-13(5-2-12)19(25)22-15-7-8-15/h1-6,9-11,15H,7-8H2,(H,22,25)(H,23,24). The SMILES string of the molecule is O=C(C=Cc1ccc(C(=O)NC2CC2)cc1)Nc1cc(Cl)ccc1Cl. The molecule has 0 spiro atoms. The van der Waals surface area contributed by atoms with Crippen LogP contribution in [0.3, 0.4) is 0 Å². The van der Waals surface area contributed by atoms with Crippen molar-refractivity contribution in [2.24, 2.45) is 0 Å². The molecule has 0 saturated heterocycles. The summed E-state index contributed by atoms with van der Waals surface area (Å²) in [4.78, 5) is 23.9. The van der Waals surface area contributed by atoms with E-state index < -0.39 is 0 Å². The zero-order valence-corrected chi connectivity index (χ0v) is 14.8. The van der Waals surface area contributed by atoms with Gasteiger partial charge in [-0.1, -0.05) is 35.3 Å². The summed E-state index contributed by atoms with van der Waals surface area (Å²) in [6, 6.07) is 12.2. The molecule has 1 saturated carbocycles. The number of benzene rings is 2. The van der Waals surface area contributed by atoms with Crippen LogP contribution < -0.4 is 10.6 Å². The van der Waals surface area contributed by atoms with Crippen LogP contribution in [0.15, 0.2) is 48.5 Å². The molecule has 1 aliphatic rings. The molecule has 0 aliphatic heterocycles. The topological polar surface area (TPSA) is 58.2 Å². The molecule has 4 nitrogen and oxygen atoms in total. The third kappa shape index (κ3) is 5.08. The Hall–Kier alpha value is -2.30. The van der Waals surface area contributed by atoms with Crippen LogP contribution in [0.1, 0.15) is 28.8 Å². The number of anilines is 1. The van der Waals surface area contributed by atoms with Crippen LogP contribution in [0, 0.1) is 0 Å². The number of nitrogens with one attached hydrogen (secondary N) is 2. The molecule has 0 heterocycles. The second kappa shape index (κ2) is 7.72. The highest BCUT2D eigenvalue weighted by Gasteiger charge is 2.23. The molecule has 2 N–H and O–H groups in total. The first kappa shape index (κ1) is 17.5. The van der Waals surface area contributed by atoms with Crippen molar-refractivity contribution in [3.63, 3.8) is 0 Å². The summed E-state index contributed by atoms with van der Waals surface area (Å²) in [5.41, 5.74) is 1.88. The Bertz CT molecular complexity index is 828. The molecule has 2 amide bonds. The largest absolute Gasteiger partial charge is 0.349 e. The predicted molar refractivity (Wildman–Crippen MR) is 101 cm³/mol. The van der Waals surface area contributed by atoms with E-state index in [1.165, 1.54) is 6.08 Å². The van der Waals surface area contributed by atoms with Crippen LogP contribution in [-0.4, -0.2) is 17.9 Å². The van der Waals surface area contributed by atoms with Gasteiger partial charge < -0.3 is 10.6 Å². The summed E-state index contributed by atoms with van der Waals surface area (Å²) in [5.74, 6) is -0.383. The molecule has 1 fully saturated rings. The Kier molecular flexibility index (Phi) is 5.41. The van der Waals surface area contributed by atoms with Gasteiger partial charge in [-0.2, -0.15) is 0 Å². The van der Waals surface area contributed by atoms with Gasteiger partial charge in [0.1, 0.15) is 0 Å². The maximum atomic E-state index is 12.0. The highest BCUT2D eigenvalue weighted by atomic mass is 35.5. The molecule has 0 aromatic heterocycles. The summed E-state index contributed by atoms with van der Waals surface area (Å²) in [7, 11) is 0. The summed E-state index contributed by atoms with van der Waals surface area (Å²) >= 11 is 11.9. The number of rotatable bonds is 5. The van der Waals surface area contributed by atoms with E-state index in [4.69, 9.17) is 23.2 Å². The van der Waals surface area contributed by atoms with E-state index in [1.54, 1.807) is 48.5 Å². The van der Waals surface area contributed by atoms with Crippen molar-refractivity contribution in [2.75, 3.05) is 5.32 Å². The second-order valence-electron chi connectivity index (χ2n) is 5.82. The van der Waals surface area contributed by atoms with Gasteiger partial charge in [-0.25, -0.2) is 0 Å². The van der Waals surface area contributed by atoms with Crippen molar-refractivity contribution in [1.82, 2.24) is 5.32 Å². The van der Waals surface area contributed by atoms with Gasteiger partial charge in [0.15, 0.2) is 0 Å². The number of carbonyl (C=O) groups excluding carboxylic acids is 2. The summed E-state index contributed by atoms with van der Waals surface area (Å²) in [6.07, 6.45) is 5.17. The molecular weight excluding hydrogens is 359 g/mol. The Morgan fingerprint density at radius 2 is 1.76 bits per heavy atom. The number of amides is 2. The molecule has 3 rings (SSSR count). The van der Waals surface area contributed by atoms with Crippen molar-refractivity contribution >= 4 is 46.8 Å². The number of hydrogen-bond donors (Lipinski definition) is 2. The lowest BCUT2D eigenvalue weighted by atomic mass is 10.1. The predicted octanol–water partition coefficient (Wildman–Crippen LogP) is 4.54. The van der Waals surface area contributed by atoms with Crippen LogP contribution in [0.2, 0.25) is 10.0 Å². The first-order chi connectivity index (χ1) is 12.0. The molecule has 6 heteroatoms. The van der Waals surface area contributed by atoms with Crippen LogP contribution in [0.4, 0.5) is 5.69 Å². The lowest BCUT2D eigenvalue weighted by Gasteiger charge is -2.05. The molecule has 1 aliphatic carbocycles. The summed E-state index contributed by atoms with van der Waals surface area (Å²) < 4.78 is 0. The van der Waals surface area contributed by atoms with Gasteiger partial charge in [0.05, 0.1) is 10.7 Å². The first-order valence-corrected chi connectivity index (χ1v) is 8.62. The quantitative estimate of drug-likeness (QED) is 0.754. The maximum absolute atomic E-state index is 12.0. The molecule has 0 atom stereocenters. The number of hydrogen-bond acceptors (Lipinski definition) is 2. The van der Waals surface area contributed by atoms with Crippen LogP contribution in [-0.2, 0) is 4.79 Å². The molecule has 25 heavy (non-hydrogen) atoms. The molecule has 0 radical (unpaired) electrons. The third-order valence-electron chi connectivity index (χ3n) is 3.70. The maximum Gasteiger partial charge on any atom is 0.251 e. The van der Waals surface area contributed by atoms with Gasteiger partial charge in [-0.3, -0.25) is 9.59 Å². The Balaban J connectivity index is 1.60. The monoisotopic (exact) mass is 374 g/mol. The third-order valence-corrected chi connectivity index (χ3v) is 4.26. The average Bonchev–Trinajstić information content (AvgIpc) is 3.41. The minimum Gasteiger partial charge on any atom is -0.349 e. The van der Waals surface area contributed by atoms with E-state index in [0.717, 1.165) is 18.4 Å². The van der Waals surface area contributed by atoms with E-state index in [0.29, 0.717) is 27.3 Å². The fraction of sp³-hybridized carbons (Fsp3) is 0.158. The number of halogens is 2. The van der Waals surface area contributed by atoms with Crippen molar-refractivity contribution in [2.45, 2.75) is 18.9 Å². The molecule has 2 aromatic rings. The van der Waals surface area contributed by atoms with Gasteiger partial charge in [0, 0.05) is 22.7 Å².